The van der Waals surface area contributed by atoms with Crippen LogP contribution in [0.25, 0.3) is 0 Å². The van der Waals surface area contributed by atoms with Gasteiger partial charge in [0.25, 0.3) is 0 Å². The van der Waals surface area contributed by atoms with Crippen molar-refractivity contribution in [1.29, 1.82) is 0 Å². The Kier molecular flexibility index (Phi) is 14.6. The second kappa shape index (κ2) is 16.3. The molecule has 32 heavy (non-hydrogen) atoms. The molecule has 0 aliphatic heterocycles. The molecule has 1 aromatic carbocycles. The maximum atomic E-state index is 12.4. The summed E-state index contributed by atoms with van der Waals surface area (Å²) >= 11 is 0. The molecule has 0 heterocycles. The number of carbonyl (C=O) groups is 1. The van der Waals surface area contributed by atoms with Crippen LogP contribution in [0, 0.1) is 5.92 Å². The smallest absolute Gasteiger partial charge is 0.227 e. The molecule has 1 aromatic rings. The minimum atomic E-state index is 0. The maximum absolute atomic E-state index is 12.4. The van der Waals surface area contributed by atoms with Crippen LogP contribution in [0.1, 0.15) is 71.8 Å². The zero-order valence-corrected chi connectivity index (χ0v) is 22.8. The Labute approximate surface area is 212 Å². The molecule has 1 aliphatic rings. The molecule has 0 bridgehead atoms. The summed E-state index contributed by atoms with van der Waals surface area (Å²) in [5.41, 5.74) is 1.96. The van der Waals surface area contributed by atoms with Crippen LogP contribution in [0.15, 0.2) is 29.3 Å². The quantitative estimate of drug-likeness (QED) is 0.192. The maximum Gasteiger partial charge on any atom is 0.227 e. The van der Waals surface area contributed by atoms with Gasteiger partial charge in [0.05, 0.1) is 6.54 Å². The van der Waals surface area contributed by atoms with Gasteiger partial charge in [0.1, 0.15) is 0 Å². The highest BCUT2D eigenvalue weighted by Gasteiger charge is 2.22. The van der Waals surface area contributed by atoms with Crippen molar-refractivity contribution < 1.29 is 4.79 Å². The number of guanidine groups is 1. The van der Waals surface area contributed by atoms with E-state index in [-0.39, 0.29) is 35.8 Å². The van der Waals surface area contributed by atoms with Gasteiger partial charge < -0.3 is 20.9 Å². The summed E-state index contributed by atoms with van der Waals surface area (Å²) in [4.78, 5) is 19.6. The van der Waals surface area contributed by atoms with Crippen LogP contribution < -0.4 is 16.0 Å². The van der Waals surface area contributed by atoms with E-state index in [4.69, 9.17) is 4.99 Å². The van der Waals surface area contributed by atoms with Gasteiger partial charge in [-0.25, -0.2) is 4.99 Å². The fourth-order valence-corrected chi connectivity index (χ4v) is 4.14. The summed E-state index contributed by atoms with van der Waals surface area (Å²) < 4.78 is 0. The SMILES string of the molecule is CCNC(=NCc1cccc(NC(=O)C2CCCC2)c1)NC(C)CCCN(CC)CC.I. The lowest BCUT2D eigenvalue weighted by atomic mass is 10.1. The minimum Gasteiger partial charge on any atom is -0.357 e. The number of benzene rings is 1. The summed E-state index contributed by atoms with van der Waals surface area (Å²) in [7, 11) is 0. The largest absolute Gasteiger partial charge is 0.357 e. The van der Waals surface area contributed by atoms with Crippen molar-refractivity contribution in [3.05, 3.63) is 29.8 Å². The van der Waals surface area contributed by atoms with Crippen molar-refractivity contribution in [1.82, 2.24) is 15.5 Å². The van der Waals surface area contributed by atoms with Gasteiger partial charge in [-0.3, -0.25) is 4.79 Å². The Hall–Kier alpha value is -1.35. The van der Waals surface area contributed by atoms with Crippen molar-refractivity contribution in [2.24, 2.45) is 10.9 Å². The molecule has 1 saturated carbocycles. The van der Waals surface area contributed by atoms with Crippen LogP contribution in [0.5, 0.6) is 0 Å². The highest BCUT2D eigenvalue weighted by Crippen LogP contribution is 2.26. The molecule has 0 aromatic heterocycles. The van der Waals surface area contributed by atoms with E-state index < -0.39 is 0 Å². The number of hydrogen-bond acceptors (Lipinski definition) is 3. The predicted molar refractivity (Wildman–Crippen MR) is 147 cm³/mol. The second-order valence-corrected chi connectivity index (χ2v) is 8.58. The highest BCUT2D eigenvalue weighted by atomic mass is 127. The number of nitrogens with one attached hydrogen (secondary N) is 3. The monoisotopic (exact) mass is 557 g/mol. The first-order valence-corrected chi connectivity index (χ1v) is 12.2. The molecule has 1 amide bonds. The first kappa shape index (κ1) is 28.7. The number of hydrogen-bond donors (Lipinski definition) is 3. The number of halogens is 1. The highest BCUT2D eigenvalue weighted by molar-refractivity contribution is 14.0. The molecule has 182 valence electrons. The van der Waals surface area contributed by atoms with E-state index >= 15 is 0 Å². The lowest BCUT2D eigenvalue weighted by Gasteiger charge is -2.21. The van der Waals surface area contributed by atoms with Gasteiger partial charge in [-0.15, -0.1) is 24.0 Å². The topological polar surface area (TPSA) is 68.8 Å². The van der Waals surface area contributed by atoms with Crippen molar-refractivity contribution in [3.63, 3.8) is 0 Å². The van der Waals surface area contributed by atoms with Gasteiger partial charge in [0.15, 0.2) is 5.96 Å². The molecule has 6 nitrogen and oxygen atoms in total. The fourth-order valence-electron chi connectivity index (χ4n) is 4.14. The summed E-state index contributed by atoms with van der Waals surface area (Å²) in [5, 5.41) is 9.97. The Balaban J connectivity index is 0.00000512. The molecule has 0 radical (unpaired) electrons. The number of carbonyl (C=O) groups excluding carboxylic acids is 1. The van der Waals surface area contributed by atoms with Gasteiger partial charge >= 0.3 is 0 Å². The van der Waals surface area contributed by atoms with Crippen LogP contribution in [0.2, 0.25) is 0 Å². The van der Waals surface area contributed by atoms with Crippen molar-refractivity contribution in [2.75, 3.05) is 31.5 Å². The molecule has 2 rings (SSSR count). The van der Waals surface area contributed by atoms with E-state index in [2.05, 4.69) is 54.6 Å². The normalized spacial score (nSPS) is 15.3. The second-order valence-electron chi connectivity index (χ2n) is 8.58. The third-order valence-electron chi connectivity index (χ3n) is 6.07. The van der Waals surface area contributed by atoms with Crippen LogP contribution in [-0.4, -0.2) is 49.0 Å². The molecule has 0 spiro atoms. The third-order valence-corrected chi connectivity index (χ3v) is 6.07. The lowest BCUT2D eigenvalue weighted by Crippen LogP contribution is -2.42. The summed E-state index contributed by atoms with van der Waals surface area (Å²) in [5.74, 6) is 1.18. The van der Waals surface area contributed by atoms with Gasteiger partial charge in [0, 0.05) is 24.2 Å². The van der Waals surface area contributed by atoms with Crippen LogP contribution in [0.3, 0.4) is 0 Å². The molecular weight excluding hydrogens is 513 g/mol. The van der Waals surface area contributed by atoms with Gasteiger partial charge in [-0.05, 0) is 76.9 Å². The molecule has 1 aliphatic carbocycles. The van der Waals surface area contributed by atoms with Crippen LogP contribution in [0.4, 0.5) is 5.69 Å². The van der Waals surface area contributed by atoms with Gasteiger partial charge in [-0.1, -0.05) is 38.8 Å². The Morgan fingerprint density at radius 1 is 1.19 bits per heavy atom. The zero-order valence-electron chi connectivity index (χ0n) is 20.5. The predicted octanol–water partition coefficient (Wildman–Crippen LogP) is 5.00. The first-order valence-electron chi connectivity index (χ1n) is 12.2. The molecule has 0 saturated heterocycles. The van der Waals surface area contributed by atoms with E-state index in [1.807, 2.05) is 18.2 Å². The molecule has 1 fully saturated rings. The van der Waals surface area contributed by atoms with E-state index in [1.54, 1.807) is 0 Å². The fraction of sp³-hybridized carbons (Fsp3) is 0.680. The molecule has 3 N–H and O–H groups in total. The average Bonchev–Trinajstić information content (AvgIpc) is 3.31. The number of anilines is 1. The van der Waals surface area contributed by atoms with Gasteiger partial charge in [0.2, 0.25) is 5.91 Å². The average molecular weight is 558 g/mol. The zero-order chi connectivity index (χ0) is 22.5. The van der Waals surface area contributed by atoms with E-state index in [0.717, 1.165) is 62.7 Å². The standard InChI is InChI=1S/C25H43N5O.HI/c1-5-26-25(28-20(4)12-11-17-30(6-2)7-3)27-19-21-13-10-16-23(18-21)29-24(31)22-14-8-9-15-22;/h10,13,16,18,20,22H,5-9,11-12,14-15,17,19H2,1-4H3,(H,29,31)(H2,26,27,28);1H. The number of amides is 1. The lowest BCUT2D eigenvalue weighted by molar-refractivity contribution is -0.119. The number of aliphatic imine (C=N–C) groups is 1. The first-order chi connectivity index (χ1) is 15.0. The van der Waals surface area contributed by atoms with E-state index in [1.165, 1.54) is 19.3 Å². The molecular formula is C25H44IN5O. The Morgan fingerprint density at radius 2 is 1.91 bits per heavy atom. The molecule has 7 heteroatoms. The van der Waals surface area contributed by atoms with E-state index in [9.17, 15) is 4.79 Å². The summed E-state index contributed by atoms with van der Waals surface area (Å²) in [6.07, 6.45) is 6.66. The Morgan fingerprint density at radius 3 is 2.56 bits per heavy atom. The summed E-state index contributed by atoms with van der Waals surface area (Å²) in [6, 6.07) is 8.41. The molecule has 1 atom stereocenters. The van der Waals surface area contributed by atoms with Gasteiger partial charge in [-0.2, -0.15) is 0 Å². The van der Waals surface area contributed by atoms with Crippen molar-refractivity contribution in [3.8, 4) is 0 Å². The van der Waals surface area contributed by atoms with Crippen molar-refractivity contribution >= 4 is 41.5 Å². The molecule has 1 unspecified atom stereocenters. The third kappa shape index (κ3) is 10.5. The number of nitrogens with zero attached hydrogens (tertiary/aromatic N) is 2. The van der Waals surface area contributed by atoms with E-state index in [0.29, 0.717) is 12.6 Å². The minimum absolute atomic E-state index is 0. The Bertz CT molecular complexity index is 687. The van der Waals surface area contributed by atoms with Crippen LogP contribution >= 0.6 is 24.0 Å². The number of rotatable bonds is 12. The van der Waals surface area contributed by atoms with Crippen LogP contribution in [-0.2, 0) is 11.3 Å². The summed E-state index contributed by atoms with van der Waals surface area (Å²) in [6.45, 7) is 13.5. The van der Waals surface area contributed by atoms with Crippen molar-refractivity contribution in [2.45, 2.75) is 78.8 Å².